The summed E-state index contributed by atoms with van der Waals surface area (Å²) in [7, 11) is 0. The van der Waals surface area contributed by atoms with Gasteiger partial charge in [-0.25, -0.2) is 0 Å². The summed E-state index contributed by atoms with van der Waals surface area (Å²) in [5, 5.41) is 13.4. The number of carbonyl (C=O) groups is 2. The van der Waals surface area contributed by atoms with E-state index in [0.29, 0.717) is 17.9 Å². The molecule has 0 bridgehead atoms. The van der Waals surface area contributed by atoms with E-state index in [1.807, 2.05) is 42.5 Å². The van der Waals surface area contributed by atoms with E-state index in [1.54, 1.807) is 4.90 Å². The van der Waals surface area contributed by atoms with Gasteiger partial charge in [0.2, 0.25) is 18.6 Å². The predicted molar refractivity (Wildman–Crippen MR) is 106 cm³/mol. The van der Waals surface area contributed by atoms with Gasteiger partial charge in [-0.1, -0.05) is 24.3 Å². The van der Waals surface area contributed by atoms with Crippen LogP contribution in [0.15, 0.2) is 42.5 Å². The van der Waals surface area contributed by atoms with Crippen LogP contribution >= 0.6 is 0 Å². The summed E-state index contributed by atoms with van der Waals surface area (Å²) in [4.78, 5) is 31.2. The molecule has 3 N–H and O–H groups in total. The Balaban J connectivity index is 1.58. The molecule has 0 aliphatic carbocycles. The lowest BCUT2D eigenvalue weighted by atomic mass is 9.85. The fourth-order valence-electron chi connectivity index (χ4n) is 4.83. The van der Waals surface area contributed by atoms with Gasteiger partial charge in [0, 0.05) is 23.0 Å². The number of rotatable bonds is 2. The first-order chi connectivity index (χ1) is 14.7. The van der Waals surface area contributed by atoms with Gasteiger partial charge in [0.25, 0.3) is 0 Å². The van der Waals surface area contributed by atoms with E-state index in [0.717, 1.165) is 27.7 Å². The van der Waals surface area contributed by atoms with Crippen molar-refractivity contribution < 1.29 is 24.2 Å². The molecule has 152 valence electrons. The van der Waals surface area contributed by atoms with E-state index in [2.05, 4.69) is 10.3 Å². The van der Waals surface area contributed by atoms with Crippen LogP contribution < -0.4 is 14.8 Å². The number of aromatic nitrogens is 1. The van der Waals surface area contributed by atoms with Gasteiger partial charge in [-0.2, -0.15) is 0 Å². The molecule has 0 saturated carbocycles. The summed E-state index contributed by atoms with van der Waals surface area (Å²) in [6.07, 6.45) is 0.413. The monoisotopic (exact) mass is 405 g/mol. The van der Waals surface area contributed by atoms with Gasteiger partial charge >= 0.3 is 0 Å². The summed E-state index contributed by atoms with van der Waals surface area (Å²) in [5.74, 6) is 0.711. The minimum Gasteiger partial charge on any atom is -0.454 e. The van der Waals surface area contributed by atoms with Crippen molar-refractivity contribution in [1.82, 2.24) is 15.2 Å². The van der Waals surface area contributed by atoms with Gasteiger partial charge in [0.15, 0.2) is 11.5 Å². The van der Waals surface area contributed by atoms with Crippen LogP contribution in [0.1, 0.15) is 22.9 Å². The second kappa shape index (κ2) is 6.24. The minimum absolute atomic E-state index is 0.154. The van der Waals surface area contributed by atoms with Crippen molar-refractivity contribution in [2.24, 2.45) is 0 Å². The fraction of sp³-hybridized carbons (Fsp3) is 0.273. The number of aliphatic hydroxyl groups is 1. The summed E-state index contributed by atoms with van der Waals surface area (Å²) >= 11 is 0. The largest absolute Gasteiger partial charge is 0.454 e. The highest BCUT2D eigenvalue weighted by Crippen LogP contribution is 2.44. The number of aromatic amines is 1. The topological polar surface area (TPSA) is 104 Å². The van der Waals surface area contributed by atoms with Crippen LogP contribution in [0.2, 0.25) is 0 Å². The minimum atomic E-state index is -0.948. The van der Waals surface area contributed by atoms with Crippen molar-refractivity contribution in [3.05, 3.63) is 59.3 Å². The lowest BCUT2D eigenvalue weighted by Crippen LogP contribution is -2.66. The number of benzene rings is 2. The molecule has 6 rings (SSSR count). The third kappa shape index (κ3) is 2.31. The average molecular weight is 405 g/mol. The van der Waals surface area contributed by atoms with Crippen LogP contribution in [0.3, 0.4) is 0 Å². The predicted octanol–water partition coefficient (Wildman–Crippen LogP) is 1.23. The van der Waals surface area contributed by atoms with Gasteiger partial charge in [-0.05, 0) is 29.3 Å². The Morgan fingerprint density at radius 2 is 1.93 bits per heavy atom. The Labute approximate surface area is 171 Å². The second-order valence-corrected chi connectivity index (χ2v) is 7.79. The first kappa shape index (κ1) is 17.3. The number of nitrogens with one attached hydrogen (secondary N) is 2. The molecule has 1 aromatic heterocycles. The molecule has 2 amide bonds. The molecule has 0 unspecified atom stereocenters. The van der Waals surface area contributed by atoms with Crippen molar-refractivity contribution in [3.63, 3.8) is 0 Å². The average Bonchev–Trinajstić information content (AvgIpc) is 3.38. The van der Waals surface area contributed by atoms with Crippen molar-refractivity contribution >= 4 is 22.7 Å². The fourth-order valence-corrected chi connectivity index (χ4v) is 4.83. The third-order valence-electron chi connectivity index (χ3n) is 6.20. The number of para-hydroxylation sites is 1. The summed E-state index contributed by atoms with van der Waals surface area (Å²) in [6, 6.07) is 11.4. The highest BCUT2D eigenvalue weighted by molar-refractivity contribution is 5.99. The van der Waals surface area contributed by atoms with E-state index in [-0.39, 0.29) is 18.6 Å². The number of ether oxygens (including phenoxy) is 2. The summed E-state index contributed by atoms with van der Waals surface area (Å²) in [6.45, 7) is -0.289. The molecule has 4 heterocycles. The summed E-state index contributed by atoms with van der Waals surface area (Å²) < 4.78 is 11.0. The van der Waals surface area contributed by atoms with Crippen LogP contribution in [0.25, 0.3) is 10.9 Å². The molecule has 8 heteroatoms. The zero-order valence-corrected chi connectivity index (χ0v) is 15.9. The smallest absolute Gasteiger partial charge is 0.249 e. The quantitative estimate of drug-likeness (QED) is 0.595. The van der Waals surface area contributed by atoms with E-state index >= 15 is 0 Å². The normalized spacial score (nSPS) is 24.6. The Morgan fingerprint density at radius 1 is 1.10 bits per heavy atom. The maximum absolute atomic E-state index is 13.3. The molecule has 8 nitrogen and oxygen atoms in total. The standard InChI is InChI=1S/C22H19N3O5/c26-9-15-22(28)25-16(21(27)24-15)8-13-12-3-1-2-4-14(12)23-19(13)20(25)11-5-6-17-18(7-11)30-10-29-17/h1-7,15-16,20,23,26H,8-10H2,(H,24,27)/t15-,16-,20-/m1/s1. The first-order valence-electron chi connectivity index (χ1n) is 9.88. The molecule has 3 aromatic rings. The number of hydrogen-bond acceptors (Lipinski definition) is 5. The van der Waals surface area contributed by atoms with Crippen LogP contribution in [0.4, 0.5) is 0 Å². The van der Waals surface area contributed by atoms with Crippen molar-refractivity contribution in [2.45, 2.75) is 24.5 Å². The molecule has 3 aliphatic rings. The zero-order chi connectivity index (χ0) is 20.4. The molecule has 2 aromatic carbocycles. The Kier molecular flexibility index (Phi) is 3.61. The zero-order valence-electron chi connectivity index (χ0n) is 15.9. The molecule has 1 saturated heterocycles. The van der Waals surface area contributed by atoms with Gasteiger partial charge in [0.1, 0.15) is 12.1 Å². The molecule has 0 spiro atoms. The van der Waals surface area contributed by atoms with E-state index in [9.17, 15) is 14.7 Å². The maximum Gasteiger partial charge on any atom is 0.249 e. The van der Waals surface area contributed by atoms with Crippen molar-refractivity contribution in [2.75, 3.05) is 13.4 Å². The number of nitrogens with zero attached hydrogens (tertiary/aromatic N) is 1. The number of amides is 2. The van der Waals surface area contributed by atoms with Gasteiger partial charge in [-0.15, -0.1) is 0 Å². The Morgan fingerprint density at radius 3 is 2.80 bits per heavy atom. The van der Waals surface area contributed by atoms with Crippen LogP contribution in [0.5, 0.6) is 11.5 Å². The highest BCUT2D eigenvalue weighted by atomic mass is 16.7. The molecular weight excluding hydrogens is 386 g/mol. The molecule has 3 aliphatic heterocycles. The SMILES string of the molecule is O=C1N[C@H](CO)C(=O)N2[C@H](c3ccc4c(c3)OCO4)c3[nH]c4ccccc4c3C[C@H]12. The van der Waals surface area contributed by atoms with Crippen molar-refractivity contribution in [1.29, 1.82) is 0 Å². The van der Waals surface area contributed by atoms with E-state index in [1.165, 1.54) is 0 Å². The van der Waals surface area contributed by atoms with Gasteiger partial charge in [-0.3, -0.25) is 9.59 Å². The number of fused-ring (bicyclic) bond motifs is 5. The molecule has 1 fully saturated rings. The maximum atomic E-state index is 13.3. The van der Waals surface area contributed by atoms with Gasteiger partial charge in [0.05, 0.1) is 12.6 Å². The van der Waals surface area contributed by atoms with Crippen molar-refractivity contribution in [3.8, 4) is 11.5 Å². The van der Waals surface area contributed by atoms with Crippen LogP contribution in [-0.2, 0) is 16.0 Å². The molecular formula is C22H19N3O5. The first-order valence-corrected chi connectivity index (χ1v) is 9.88. The number of aliphatic hydroxyl groups excluding tert-OH is 1. The Hall–Kier alpha value is -3.52. The van der Waals surface area contributed by atoms with Gasteiger partial charge < -0.3 is 29.8 Å². The third-order valence-corrected chi connectivity index (χ3v) is 6.20. The molecule has 3 atom stereocenters. The lowest BCUT2D eigenvalue weighted by Gasteiger charge is -2.46. The highest BCUT2D eigenvalue weighted by Gasteiger charge is 2.49. The molecule has 30 heavy (non-hydrogen) atoms. The summed E-state index contributed by atoms with van der Waals surface area (Å²) in [5.41, 5.74) is 3.68. The lowest BCUT2D eigenvalue weighted by molar-refractivity contribution is -0.153. The number of carbonyl (C=O) groups excluding carboxylic acids is 2. The molecule has 0 radical (unpaired) electrons. The van der Waals surface area contributed by atoms with Crippen LogP contribution in [0, 0.1) is 0 Å². The van der Waals surface area contributed by atoms with E-state index in [4.69, 9.17) is 9.47 Å². The number of H-pyrrole nitrogens is 1. The second-order valence-electron chi connectivity index (χ2n) is 7.79. The number of hydrogen-bond donors (Lipinski definition) is 3. The number of piperazine rings is 1. The van der Waals surface area contributed by atoms with E-state index < -0.39 is 24.7 Å². The Bertz CT molecular complexity index is 1200. The van der Waals surface area contributed by atoms with Crippen LogP contribution in [-0.4, -0.2) is 52.3 Å².